The Bertz CT molecular complexity index is 1150. The number of hydrogen-bond acceptors (Lipinski definition) is 5. The van der Waals surface area contributed by atoms with E-state index in [1.54, 1.807) is 12.1 Å². The van der Waals surface area contributed by atoms with E-state index >= 15 is 0 Å². The van der Waals surface area contributed by atoms with E-state index in [1.807, 2.05) is 23.5 Å². The lowest BCUT2D eigenvalue weighted by molar-refractivity contribution is 0.134. The second-order valence-corrected chi connectivity index (χ2v) is 10.6. The van der Waals surface area contributed by atoms with Crippen LogP contribution in [0.3, 0.4) is 0 Å². The first-order chi connectivity index (χ1) is 16.0. The van der Waals surface area contributed by atoms with Gasteiger partial charge in [0, 0.05) is 42.9 Å². The number of aliphatic imine (C=N–C) groups is 1. The van der Waals surface area contributed by atoms with Gasteiger partial charge >= 0.3 is 0 Å². The second kappa shape index (κ2) is 9.35. The van der Waals surface area contributed by atoms with Crippen molar-refractivity contribution in [2.24, 2.45) is 4.99 Å². The Morgan fingerprint density at radius 2 is 1.88 bits per heavy atom. The van der Waals surface area contributed by atoms with Crippen LogP contribution in [0.2, 0.25) is 0 Å². The predicted octanol–water partition coefficient (Wildman–Crippen LogP) is 5.64. The average Bonchev–Trinajstić information content (AvgIpc) is 3.16. The van der Waals surface area contributed by atoms with Crippen LogP contribution < -0.4 is 0 Å². The molecule has 6 heteroatoms. The number of aromatic nitrogens is 1. The smallest absolute Gasteiger partial charge is 0.156 e. The Labute approximate surface area is 199 Å². The van der Waals surface area contributed by atoms with Crippen molar-refractivity contribution in [3.8, 4) is 0 Å². The molecule has 0 saturated carbocycles. The first-order valence-electron chi connectivity index (χ1n) is 11.8. The van der Waals surface area contributed by atoms with Gasteiger partial charge in [0.1, 0.15) is 11.5 Å². The van der Waals surface area contributed by atoms with Gasteiger partial charge in [0.05, 0.1) is 10.7 Å². The molecule has 1 saturated heterocycles. The Morgan fingerprint density at radius 3 is 2.67 bits per heavy atom. The van der Waals surface area contributed by atoms with Gasteiger partial charge in [-0.3, -0.25) is 4.90 Å². The molecule has 2 aliphatic heterocycles. The number of amidine groups is 1. The molecule has 0 radical (unpaired) electrons. The monoisotopic (exact) mass is 462 g/mol. The molecule has 0 bridgehead atoms. The van der Waals surface area contributed by atoms with Crippen molar-refractivity contribution in [2.75, 3.05) is 26.7 Å². The summed E-state index contributed by atoms with van der Waals surface area (Å²) in [6, 6.07) is 15.8. The third kappa shape index (κ3) is 4.73. The van der Waals surface area contributed by atoms with Crippen molar-refractivity contribution >= 4 is 22.9 Å². The van der Waals surface area contributed by atoms with E-state index in [-0.39, 0.29) is 5.82 Å². The molecule has 0 spiro atoms. The van der Waals surface area contributed by atoms with E-state index in [4.69, 9.17) is 9.98 Å². The summed E-state index contributed by atoms with van der Waals surface area (Å²) in [5, 5.41) is 1.19. The van der Waals surface area contributed by atoms with Gasteiger partial charge in [0.2, 0.25) is 0 Å². The van der Waals surface area contributed by atoms with Gasteiger partial charge in [-0.05, 0) is 49.2 Å². The summed E-state index contributed by atoms with van der Waals surface area (Å²) in [6.07, 6.45) is 2.87. The number of benzene rings is 2. The second-order valence-electron chi connectivity index (χ2n) is 9.47. The molecule has 0 N–H and O–H groups in total. The molecule has 33 heavy (non-hydrogen) atoms. The summed E-state index contributed by atoms with van der Waals surface area (Å²) < 4.78 is 13.3. The van der Waals surface area contributed by atoms with Gasteiger partial charge in [0.15, 0.2) is 5.84 Å². The Kier molecular flexibility index (Phi) is 6.30. The van der Waals surface area contributed by atoms with E-state index < -0.39 is 0 Å². The van der Waals surface area contributed by atoms with E-state index in [0.29, 0.717) is 12.0 Å². The molecular weight excluding hydrogens is 431 g/mol. The minimum absolute atomic E-state index is 0.175. The van der Waals surface area contributed by atoms with Crippen LogP contribution in [0.5, 0.6) is 0 Å². The summed E-state index contributed by atoms with van der Waals surface area (Å²) in [5.41, 5.74) is 4.59. The molecule has 0 amide bonds. The van der Waals surface area contributed by atoms with Crippen molar-refractivity contribution < 1.29 is 4.39 Å². The van der Waals surface area contributed by atoms with Gasteiger partial charge in [-0.2, -0.15) is 0 Å². The number of rotatable bonds is 4. The molecule has 0 aliphatic carbocycles. The summed E-state index contributed by atoms with van der Waals surface area (Å²) in [6.45, 7) is 7.28. The zero-order valence-electron chi connectivity index (χ0n) is 19.6. The van der Waals surface area contributed by atoms with Crippen molar-refractivity contribution in [2.45, 2.75) is 45.1 Å². The standard InChI is InChI=1S/C27H31FN4S/c1-18(2)27-30-25-24(33-27)16-20-6-4-5-7-23(20)29-26(25)32-15-14-31(3)22(17-32)13-10-19-8-11-21(28)12-9-19/h4-9,11-12,18,22H,10,13-17H2,1-3H3/t22-/m0/s1. The topological polar surface area (TPSA) is 31.7 Å². The highest BCUT2D eigenvalue weighted by molar-refractivity contribution is 7.12. The number of likely N-dealkylation sites (N-methyl/N-ethyl adjacent to an activating group) is 1. The average molecular weight is 463 g/mol. The fourth-order valence-corrected chi connectivity index (χ4v) is 5.76. The number of aryl methyl sites for hydroxylation is 1. The minimum Gasteiger partial charge on any atom is -0.352 e. The lowest BCUT2D eigenvalue weighted by Gasteiger charge is -2.40. The molecule has 3 heterocycles. The lowest BCUT2D eigenvalue weighted by atomic mass is 10.0. The van der Waals surface area contributed by atoms with Crippen LogP contribution in [0.25, 0.3) is 0 Å². The van der Waals surface area contributed by atoms with Gasteiger partial charge in [-0.1, -0.05) is 44.2 Å². The number of fused-ring (bicyclic) bond motifs is 2. The van der Waals surface area contributed by atoms with Crippen molar-refractivity contribution in [3.63, 3.8) is 0 Å². The third-order valence-corrected chi connectivity index (χ3v) is 8.10. The summed E-state index contributed by atoms with van der Waals surface area (Å²) in [7, 11) is 2.21. The fraction of sp³-hybridized carbons (Fsp3) is 0.407. The van der Waals surface area contributed by atoms with E-state index in [2.05, 4.69) is 55.0 Å². The van der Waals surface area contributed by atoms with Gasteiger partial charge < -0.3 is 4.90 Å². The van der Waals surface area contributed by atoms with E-state index in [1.165, 1.54) is 21.0 Å². The number of hydrogen-bond donors (Lipinski definition) is 0. The van der Waals surface area contributed by atoms with Crippen LogP contribution in [0.15, 0.2) is 53.5 Å². The number of thiazole rings is 1. The molecule has 172 valence electrons. The maximum Gasteiger partial charge on any atom is 0.156 e. The SMILES string of the molecule is CC(C)c1nc2c(s1)Cc1ccccc1N=C2N1CCN(C)[C@@H](CCc2ccc(F)cc2)C1. The molecule has 3 aromatic rings. The normalized spacial score (nSPS) is 18.6. The highest BCUT2D eigenvalue weighted by Gasteiger charge is 2.31. The number of halogens is 1. The fourth-order valence-electron chi connectivity index (χ4n) is 4.68. The third-order valence-electron chi connectivity index (χ3n) is 6.74. The summed E-state index contributed by atoms with van der Waals surface area (Å²) >= 11 is 1.84. The van der Waals surface area contributed by atoms with Gasteiger partial charge in [-0.15, -0.1) is 11.3 Å². The van der Waals surface area contributed by atoms with Crippen molar-refractivity contribution in [1.29, 1.82) is 0 Å². The zero-order chi connectivity index (χ0) is 22.9. The van der Waals surface area contributed by atoms with Gasteiger partial charge in [-0.25, -0.2) is 14.4 Å². The first-order valence-corrected chi connectivity index (χ1v) is 12.7. The molecular formula is C27H31FN4S. The quantitative estimate of drug-likeness (QED) is 0.503. The first kappa shape index (κ1) is 22.2. The maximum atomic E-state index is 13.3. The van der Waals surface area contributed by atoms with E-state index in [0.717, 1.165) is 56.1 Å². The van der Waals surface area contributed by atoms with Gasteiger partial charge in [0.25, 0.3) is 0 Å². The Morgan fingerprint density at radius 1 is 1.09 bits per heavy atom. The van der Waals surface area contributed by atoms with Crippen LogP contribution in [-0.2, 0) is 12.8 Å². The molecule has 2 aromatic carbocycles. The summed E-state index contributed by atoms with van der Waals surface area (Å²) in [4.78, 5) is 16.5. The Hall–Kier alpha value is -2.57. The lowest BCUT2D eigenvalue weighted by Crippen LogP contribution is -2.53. The molecule has 1 fully saturated rings. The van der Waals surface area contributed by atoms with E-state index in [9.17, 15) is 4.39 Å². The number of piperazine rings is 1. The van der Waals surface area contributed by atoms with Crippen LogP contribution in [0.4, 0.5) is 10.1 Å². The minimum atomic E-state index is -0.175. The molecule has 0 unspecified atom stereocenters. The van der Waals surface area contributed by atoms with Crippen LogP contribution in [0.1, 0.15) is 52.9 Å². The highest BCUT2D eigenvalue weighted by Crippen LogP contribution is 2.35. The van der Waals surface area contributed by atoms with Crippen molar-refractivity contribution in [1.82, 2.24) is 14.8 Å². The predicted molar refractivity (Wildman–Crippen MR) is 134 cm³/mol. The molecule has 2 aliphatic rings. The molecule has 1 aromatic heterocycles. The maximum absolute atomic E-state index is 13.3. The van der Waals surface area contributed by atoms with Crippen LogP contribution >= 0.6 is 11.3 Å². The van der Waals surface area contributed by atoms with Crippen molar-refractivity contribution in [3.05, 3.63) is 81.1 Å². The Balaban J connectivity index is 1.43. The molecule has 5 rings (SSSR count). The zero-order valence-corrected chi connectivity index (χ0v) is 20.4. The van der Waals surface area contributed by atoms with Crippen LogP contribution in [-0.4, -0.2) is 53.3 Å². The number of para-hydroxylation sites is 1. The number of nitrogens with zero attached hydrogens (tertiary/aromatic N) is 4. The molecule has 4 nitrogen and oxygen atoms in total. The molecule has 1 atom stereocenters. The summed E-state index contributed by atoms with van der Waals surface area (Å²) in [5.74, 6) is 1.26. The highest BCUT2D eigenvalue weighted by atomic mass is 32.1. The van der Waals surface area contributed by atoms with Crippen LogP contribution in [0, 0.1) is 5.82 Å². The largest absolute Gasteiger partial charge is 0.352 e.